The number of hydrogen-bond donors (Lipinski definition) is 0. The van der Waals surface area contributed by atoms with Crippen molar-refractivity contribution in [1.29, 1.82) is 0 Å². The molecule has 6 nitrogen and oxygen atoms in total. The van der Waals surface area contributed by atoms with Crippen LogP contribution < -0.4 is 4.90 Å². The lowest BCUT2D eigenvalue weighted by Crippen LogP contribution is -2.48. The highest BCUT2D eigenvalue weighted by atomic mass is 16.6. The molecule has 0 fully saturated rings. The Morgan fingerprint density at radius 1 is 1.24 bits per heavy atom. The largest absolute Gasteiger partial charge is 0.444 e. The molecular weight excluding hydrogens is 270 g/mol. The third-order valence-electron chi connectivity index (χ3n) is 2.94. The Hall–Kier alpha value is -2.11. The van der Waals surface area contributed by atoms with Crippen LogP contribution in [0.5, 0.6) is 0 Å². The van der Waals surface area contributed by atoms with Crippen LogP contribution in [0.3, 0.4) is 0 Å². The number of carbonyl (C=O) groups excluding carboxylic acids is 2. The van der Waals surface area contributed by atoms with Crippen LogP contribution in [0.15, 0.2) is 24.4 Å². The zero-order valence-corrected chi connectivity index (χ0v) is 13.5. The SMILES string of the molecule is C[C@@H](C(=O)N(C)c1ccccn1)N(C)C(=O)OC(C)(C)C. The number of anilines is 1. The molecule has 0 saturated carbocycles. The van der Waals surface area contributed by atoms with Crippen molar-refractivity contribution >= 4 is 17.8 Å². The van der Waals surface area contributed by atoms with Gasteiger partial charge in [-0.2, -0.15) is 0 Å². The zero-order valence-electron chi connectivity index (χ0n) is 13.5. The minimum atomic E-state index is -0.646. The van der Waals surface area contributed by atoms with E-state index in [0.29, 0.717) is 5.82 Å². The number of nitrogens with zero attached hydrogens (tertiary/aromatic N) is 3. The Morgan fingerprint density at radius 3 is 2.33 bits per heavy atom. The number of hydrogen-bond acceptors (Lipinski definition) is 4. The summed E-state index contributed by atoms with van der Waals surface area (Å²) < 4.78 is 5.26. The van der Waals surface area contributed by atoms with E-state index in [1.165, 1.54) is 9.80 Å². The van der Waals surface area contributed by atoms with Gasteiger partial charge in [-0.15, -0.1) is 0 Å². The second kappa shape index (κ2) is 6.56. The Kier molecular flexibility index (Phi) is 5.29. The van der Waals surface area contributed by atoms with Crippen LogP contribution in [0.1, 0.15) is 27.7 Å². The van der Waals surface area contributed by atoms with Crippen LogP contribution >= 0.6 is 0 Å². The van der Waals surface area contributed by atoms with Gasteiger partial charge < -0.3 is 4.74 Å². The maximum atomic E-state index is 12.4. The van der Waals surface area contributed by atoms with Gasteiger partial charge in [-0.25, -0.2) is 9.78 Å². The monoisotopic (exact) mass is 293 g/mol. The fourth-order valence-corrected chi connectivity index (χ4v) is 1.60. The lowest BCUT2D eigenvalue weighted by molar-refractivity contribution is -0.122. The van der Waals surface area contributed by atoms with E-state index < -0.39 is 17.7 Å². The number of ether oxygens (including phenoxy) is 1. The molecular formula is C15H23N3O3. The fourth-order valence-electron chi connectivity index (χ4n) is 1.60. The van der Waals surface area contributed by atoms with Crippen molar-refractivity contribution in [2.75, 3.05) is 19.0 Å². The molecule has 0 aromatic carbocycles. The van der Waals surface area contributed by atoms with Gasteiger partial charge in [0.1, 0.15) is 17.5 Å². The van der Waals surface area contributed by atoms with Crippen LogP contribution in [-0.4, -0.2) is 47.6 Å². The summed E-state index contributed by atoms with van der Waals surface area (Å²) in [6.45, 7) is 7.01. The first-order valence-corrected chi connectivity index (χ1v) is 6.78. The predicted molar refractivity (Wildman–Crippen MR) is 81.1 cm³/mol. The molecule has 21 heavy (non-hydrogen) atoms. The number of amides is 2. The van der Waals surface area contributed by atoms with Gasteiger partial charge in [-0.3, -0.25) is 14.6 Å². The van der Waals surface area contributed by atoms with Crippen molar-refractivity contribution in [2.45, 2.75) is 39.3 Å². The molecule has 1 heterocycles. The van der Waals surface area contributed by atoms with Gasteiger partial charge in [-0.1, -0.05) is 6.07 Å². The Balaban J connectivity index is 2.76. The van der Waals surface area contributed by atoms with Gasteiger partial charge in [0, 0.05) is 20.3 Å². The third kappa shape index (κ3) is 4.73. The first kappa shape index (κ1) is 16.9. The summed E-state index contributed by atoms with van der Waals surface area (Å²) in [5.74, 6) is 0.300. The zero-order chi connectivity index (χ0) is 16.2. The smallest absolute Gasteiger partial charge is 0.410 e. The Labute approximate surface area is 125 Å². The molecule has 0 aliphatic carbocycles. The first-order valence-electron chi connectivity index (χ1n) is 6.78. The molecule has 0 unspecified atom stereocenters. The van der Waals surface area contributed by atoms with Crippen molar-refractivity contribution in [3.05, 3.63) is 24.4 Å². The second-order valence-corrected chi connectivity index (χ2v) is 5.85. The van der Waals surface area contributed by atoms with E-state index in [2.05, 4.69) is 4.98 Å². The summed E-state index contributed by atoms with van der Waals surface area (Å²) in [6, 6.07) is 4.66. The molecule has 1 rings (SSSR count). The molecule has 0 aliphatic heterocycles. The maximum Gasteiger partial charge on any atom is 0.410 e. The molecule has 1 aromatic heterocycles. The molecule has 0 bridgehead atoms. The minimum absolute atomic E-state index is 0.234. The van der Waals surface area contributed by atoms with E-state index in [9.17, 15) is 9.59 Å². The summed E-state index contributed by atoms with van der Waals surface area (Å²) in [4.78, 5) is 31.2. The molecule has 0 spiro atoms. The van der Waals surface area contributed by atoms with Crippen LogP contribution in [0, 0.1) is 0 Å². The molecule has 116 valence electrons. The lowest BCUT2D eigenvalue weighted by Gasteiger charge is -2.30. The lowest BCUT2D eigenvalue weighted by atomic mass is 10.2. The highest BCUT2D eigenvalue weighted by Gasteiger charge is 2.29. The maximum absolute atomic E-state index is 12.4. The highest BCUT2D eigenvalue weighted by molar-refractivity contribution is 5.97. The van der Waals surface area contributed by atoms with Crippen molar-refractivity contribution < 1.29 is 14.3 Å². The molecule has 1 atom stereocenters. The van der Waals surface area contributed by atoms with Crippen molar-refractivity contribution in [2.24, 2.45) is 0 Å². The average Bonchev–Trinajstić information content (AvgIpc) is 2.43. The standard InChI is InChI=1S/C15H23N3O3/c1-11(17(5)14(20)21-15(2,3)4)13(19)18(6)12-9-7-8-10-16-12/h7-11H,1-6H3/t11-/m0/s1. The molecule has 0 N–H and O–H groups in total. The van der Waals surface area contributed by atoms with Crippen LogP contribution in [0.25, 0.3) is 0 Å². The van der Waals surface area contributed by atoms with Crippen molar-refractivity contribution in [3.63, 3.8) is 0 Å². The molecule has 6 heteroatoms. The van der Waals surface area contributed by atoms with E-state index in [1.807, 2.05) is 0 Å². The summed E-state index contributed by atoms with van der Waals surface area (Å²) >= 11 is 0. The number of aromatic nitrogens is 1. The molecule has 0 radical (unpaired) electrons. The normalized spacial score (nSPS) is 12.5. The van der Waals surface area contributed by atoms with Gasteiger partial charge >= 0.3 is 6.09 Å². The van der Waals surface area contributed by atoms with Gasteiger partial charge in [0.05, 0.1) is 0 Å². The van der Waals surface area contributed by atoms with Crippen LogP contribution in [-0.2, 0) is 9.53 Å². The summed E-state index contributed by atoms with van der Waals surface area (Å²) in [7, 11) is 3.17. The van der Waals surface area contributed by atoms with E-state index in [0.717, 1.165) is 0 Å². The number of likely N-dealkylation sites (N-methyl/N-ethyl adjacent to an activating group) is 2. The van der Waals surface area contributed by atoms with Gasteiger partial charge in [0.15, 0.2) is 0 Å². The minimum Gasteiger partial charge on any atom is -0.444 e. The Bertz CT molecular complexity index is 497. The first-order chi connectivity index (χ1) is 9.63. The summed E-state index contributed by atoms with van der Waals surface area (Å²) in [5.41, 5.74) is -0.596. The Morgan fingerprint density at radius 2 is 1.86 bits per heavy atom. The molecule has 0 aliphatic rings. The molecule has 0 saturated heterocycles. The van der Waals surface area contributed by atoms with Gasteiger partial charge in [0.2, 0.25) is 0 Å². The van der Waals surface area contributed by atoms with Crippen LogP contribution in [0.2, 0.25) is 0 Å². The number of carbonyl (C=O) groups is 2. The molecule has 1 aromatic rings. The van der Waals surface area contributed by atoms with E-state index in [4.69, 9.17) is 4.74 Å². The van der Waals surface area contributed by atoms with E-state index >= 15 is 0 Å². The average molecular weight is 293 g/mol. The quantitative estimate of drug-likeness (QED) is 0.858. The molecule has 2 amide bonds. The number of pyridine rings is 1. The predicted octanol–water partition coefficient (Wildman–Crippen LogP) is 2.30. The van der Waals surface area contributed by atoms with Gasteiger partial charge in [-0.05, 0) is 39.8 Å². The number of rotatable bonds is 3. The summed E-state index contributed by atoms with van der Waals surface area (Å²) in [5, 5.41) is 0. The highest BCUT2D eigenvalue weighted by Crippen LogP contribution is 2.14. The van der Waals surface area contributed by atoms with Crippen LogP contribution in [0.4, 0.5) is 10.6 Å². The van der Waals surface area contributed by atoms with E-state index in [1.54, 1.807) is 66.2 Å². The van der Waals surface area contributed by atoms with E-state index in [-0.39, 0.29) is 5.91 Å². The topological polar surface area (TPSA) is 62.7 Å². The fraction of sp³-hybridized carbons (Fsp3) is 0.533. The van der Waals surface area contributed by atoms with Gasteiger partial charge in [0.25, 0.3) is 5.91 Å². The van der Waals surface area contributed by atoms with Crippen molar-refractivity contribution in [1.82, 2.24) is 9.88 Å². The third-order valence-corrected chi connectivity index (χ3v) is 2.94. The second-order valence-electron chi connectivity index (χ2n) is 5.85. The summed E-state index contributed by atoms with van der Waals surface area (Å²) in [6.07, 6.45) is 1.08. The van der Waals surface area contributed by atoms with Crippen molar-refractivity contribution in [3.8, 4) is 0 Å².